The number of fused-ring (bicyclic) bond motifs is 1. The van der Waals surface area contributed by atoms with E-state index in [0.717, 1.165) is 29.0 Å². The summed E-state index contributed by atoms with van der Waals surface area (Å²) in [5.74, 6) is 1.05. The SMILES string of the molecule is CCCCN(c1ncnc2ccc(N)cc12)C1CC1. The first-order valence-electron chi connectivity index (χ1n) is 7.06. The first-order chi connectivity index (χ1) is 9.29. The summed E-state index contributed by atoms with van der Waals surface area (Å²) in [7, 11) is 0. The van der Waals surface area contributed by atoms with Gasteiger partial charge in [-0.1, -0.05) is 13.3 Å². The second-order valence-electron chi connectivity index (χ2n) is 5.25. The topological polar surface area (TPSA) is 55.0 Å². The quantitative estimate of drug-likeness (QED) is 0.836. The monoisotopic (exact) mass is 256 g/mol. The van der Waals surface area contributed by atoms with Crippen LogP contribution in [0.4, 0.5) is 11.5 Å². The molecule has 2 aromatic rings. The molecule has 1 heterocycles. The number of unbranched alkanes of at least 4 members (excludes halogenated alkanes) is 1. The molecule has 1 saturated carbocycles. The van der Waals surface area contributed by atoms with Gasteiger partial charge in [0.25, 0.3) is 0 Å². The standard InChI is InChI=1S/C15H20N4/c1-2-3-8-19(12-5-6-12)15-13-9-11(16)4-7-14(13)17-10-18-15/h4,7,9-10,12H,2-3,5-6,8,16H2,1H3. The molecule has 1 fully saturated rings. The van der Waals surface area contributed by atoms with Crippen molar-refractivity contribution in [2.24, 2.45) is 0 Å². The Morgan fingerprint density at radius 1 is 1.32 bits per heavy atom. The van der Waals surface area contributed by atoms with Crippen LogP contribution < -0.4 is 10.6 Å². The van der Waals surface area contributed by atoms with Crippen LogP contribution in [0.25, 0.3) is 10.9 Å². The van der Waals surface area contributed by atoms with Gasteiger partial charge >= 0.3 is 0 Å². The van der Waals surface area contributed by atoms with Crippen LogP contribution in [0.1, 0.15) is 32.6 Å². The zero-order chi connectivity index (χ0) is 13.2. The summed E-state index contributed by atoms with van der Waals surface area (Å²) in [5, 5.41) is 1.07. The van der Waals surface area contributed by atoms with Crippen molar-refractivity contribution in [1.82, 2.24) is 9.97 Å². The molecule has 0 aliphatic heterocycles. The Morgan fingerprint density at radius 3 is 2.89 bits per heavy atom. The molecule has 1 aromatic carbocycles. The Bertz CT molecular complexity index is 577. The molecule has 2 N–H and O–H groups in total. The van der Waals surface area contributed by atoms with E-state index >= 15 is 0 Å². The van der Waals surface area contributed by atoms with Gasteiger partial charge in [-0.05, 0) is 37.5 Å². The minimum absolute atomic E-state index is 0.658. The summed E-state index contributed by atoms with van der Waals surface area (Å²) < 4.78 is 0. The summed E-state index contributed by atoms with van der Waals surface area (Å²) in [6, 6.07) is 6.52. The lowest BCUT2D eigenvalue weighted by molar-refractivity contribution is 0.706. The van der Waals surface area contributed by atoms with Crippen molar-refractivity contribution in [3.8, 4) is 0 Å². The fraction of sp³-hybridized carbons (Fsp3) is 0.467. The summed E-state index contributed by atoms with van der Waals surface area (Å²) in [4.78, 5) is 11.3. The highest BCUT2D eigenvalue weighted by molar-refractivity contribution is 5.91. The maximum atomic E-state index is 5.91. The Labute approximate surface area is 113 Å². The Kier molecular flexibility index (Phi) is 3.23. The minimum Gasteiger partial charge on any atom is -0.399 e. The summed E-state index contributed by atoms with van der Waals surface area (Å²) in [6.45, 7) is 3.29. The van der Waals surface area contributed by atoms with E-state index in [-0.39, 0.29) is 0 Å². The van der Waals surface area contributed by atoms with Gasteiger partial charge in [-0.2, -0.15) is 0 Å². The Hall–Kier alpha value is -1.84. The number of hydrogen-bond acceptors (Lipinski definition) is 4. The fourth-order valence-corrected chi connectivity index (χ4v) is 2.47. The maximum Gasteiger partial charge on any atom is 0.140 e. The molecule has 19 heavy (non-hydrogen) atoms. The summed E-state index contributed by atoms with van der Waals surface area (Å²) >= 11 is 0. The highest BCUT2D eigenvalue weighted by atomic mass is 15.2. The van der Waals surface area contributed by atoms with E-state index in [0.29, 0.717) is 6.04 Å². The molecule has 1 aromatic heterocycles. The number of benzene rings is 1. The van der Waals surface area contributed by atoms with Gasteiger partial charge < -0.3 is 10.6 Å². The van der Waals surface area contributed by atoms with Gasteiger partial charge in [0, 0.05) is 23.7 Å². The van der Waals surface area contributed by atoms with E-state index < -0.39 is 0 Å². The third kappa shape index (κ3) is 2.48. The van der Waals surface area contributed by atoms with Crippen molar-refractivity contribution < 1.29 is 0 Å². The normalized spacial score (nSPS) is 14.8. The van der Waals surface area contributed by atoms with E-state index in [9.17, 15) is 0 Å². The number of hydrogen-bond donors (Lipinski definition) is 1. The number of aromatic nitrogens is 2. The van der Waals surface area contributed by atoms with E-state index in [4.69, 9.17) is 5.73 Å². The Balaban J connectivity index is 2.03. The van der Waals surface area contributed by atoms with Crippen molar-refractivity contribution in [2.75, 3.05) is 17.2 Å². The smallest absolute Gasteiger partial charge is 0.140 e. The molecule has 0 spiro atoms. The van der Waals surface area contributed by atoms with Crippen LogP contribution in [-0.2, 0) is 0 Å². The van der Waals surface area contributed by atoms with Gasteiger partial charge in [0.15, 0.2) is 0 Å². The molecule has 0 unspecified atom stereocenters. The van der Waals surface area contributed by atoms with Gasteiger partial charge in [0.05, 0.1) is 5.52 Å². The van der Waals surface area contributed by atoms with Crippen LogP contribution >= 0.6 is 0 Å². The van der Waals surface area contributed by atoms with Crippen LogP contribution in [0.5, 0.6) is 0 Å². The fourth-order valence-electron chi connectivity index (χ4n) is 2.47. The zero-order valence-corrected chi connectivity index (χ0v) is 11.3. The zero-order valence-electron chi connectivity index (χ0n) is 11.3. The molecule has 0 saturated heterocycles. The van der Waals surface area contributed by atoms with Gasteiger partial charge in [-0.3, -0.25) is 0 Å². The Morgan fingerprint density at radius 2 is 2.16 bits per heavy atom. The van der Waals surface area contributed by atoms with Crippen LogP contribution in [0.2, 0.25) is 0 Å². The molecule has 0 radical (unpaired) electrons. The van der Waals surface area contributed by atoms with Crippen LogP contribution in [0.3, 0.4) is 0 Å². The predicted octanol–water partition coefficient (Wildman–Crippen LogP) is 2.98. The highest BCUT2D eigenvalue weighted by Crippen LogP contribution is 2.34. The molecular weight excluding hydrogens is 236 g/mol. The number of rotatable bonds is 5. The highest BCUT2D eigenvalue weighted by Gasteiger charge is 2.30. The van der Waals surface area contributed by atoms with Crippen molar-refractivity contribution in [3.05, 3.63) is 24.5 Å². The van der Waals surface area contributed by atoms with Gasteiger partial charge in [0.1, 0.15) is 12.1 Å². The lowest BCUT2D eigenvalue weighted by Gasteiger charge is -2.24. The molecule has 4 heteroatoms. The van der Waals surface area contributed by atoms with Crippen molar-refractivity contribution >= 4 is 22.4 Å². The van der Waals surface area contributed by atoms with E-state index in [1.807, 2.05) is 18.2 Å². The van der Waals surface area contributed by atoms with Crippen LogP contribution in [-0.4, -0.2) is 22.6 Å². The molecule has 100 valence electrons. The average molecular weight is 256 g/mol. The lowest BCUT2D eigenvalue weighted by atomic mass is 10.2. The molecule has 1 aliphatic rings. The molecular formula is C15H20N4. The van der Waals surface area contributed by atoms with Gasteiger partial charge in [-0.25, -0.2) is 9.97 Å². The largest absolute Gasteiger partial charge is 0.399 e. The number of anilines is 2. The lowest BCUT2D eigenvalue weighted by Crippen LogP contribution is -2.28. The summed E-state index contributed by atoms with van der Waals surface area (Å²) in [5.41, 5.74) is 7.66. The van der Waals surface area contributed by atoms with E-state index in [2.05, 4.69) is 21.8 Å². The third-order valence-electron chi connectivity index (χ3n) is 3.65. The summed E-state index contributed by atoms with van der Waals surface area (Å²) in [6.07, 6.45) is 6.61. The average Bonchev–Trinajstić information content (AvgIpc) is 3.24. The van der Waals surface area contributed by atoms with E-state index in [1.54, 1.807) is 6.33 Å². The van der Waals surface area contributed by atoms with Crippen molar-refractivity contribution in [1.29, 1.82) is 0 Å². The first kappa shape index (κ1) is 12.2. The molecule has 0 bridgehead atoms. The van der Waals surface area contributed by atoms with Crippen LogP contribution in [0.15, 0.2) is 24.5 Å². The molecule has 0 atom stereocenters. The third-order valence-corrected chi connectivity index (χ3v) is 3.65. The molecule has 0 amide bonds. The van der Waals surface area contributed by atoms with Crippen LogP contribution in [0, 0.1) is 0 Å². The van der Waals surface area contributed by atoms with Crippen molar-refractivity contribution in [2.45, 2.75) is 38.6 Å². The number of nitrogen functional groups attached to an aromatic ring is 1. The second kappa shape index (κ2) is 5.03. The molecule has 1 aliphatic carbocycles. The maximum absolute atomic E-state index is 5.91. The first-order valence-corrected chi connectivity index (χ1v) is 7.06. The predicted molar refractivity (Wildman–Crippen MR) is 79.2 cm³/mol. The van der Waals surface area contributed by atoms with Gasteiger partial charge in [-0.15, -0.1) is 0 Å². The molecule has 3 rings (SSSR count). The number of nitrogens with two attached hydrogens (primary N) is 1. The molecule has 4 nitrogen and oxygen atoms in total. The second-order valence-corrected chi connectivity index (χ2v) is 5.25. The van der Waals surface area contributed by atoms with Gasteiger partial charge in [0.2, 0.25) is 0 Å². The number of nitrogens with zero attached hydrogens (tertiary/aromatic N) is 3. The van der Waals surface area contributed by atoms with Crippen molar-refractivity contribution in [3.63, 3.8) is 0 Å². The minimum atomic E-state index is 0.658. The van der Waals surface area contributed by atoms with E-state index in [1.165, 1.54) is 25.7 Å².